The topological polar surface area (TPSA) is 3.24 Å². The van der Waals surface area contributed by atoms with Gasteiger partial charge in [0.1, 0.15) is 0 Å². The van der Waals surface area contributed by atoms with Gasteiger partial charge in [-0.3, -0.25) is 0 Å². The molecule has 4 aromatic rings. The van der Waals surface area contributed by atoms with Gasteiger partial charge in [0.25, 0.3) is 0 Å². The van der Waals surface area contributed by atoms with E-state index in [1.165, 1.54) is 37.7 Å². The maximum Gasteiger partial charge on any atom is 0.0370 e. The Hall–Kier alpha value is -2.32. The summed E-state index contributed by atoms with van der Waals surface area (Å²) in [5, 5.41) is 7.44. The number of hydrogen-bond acceptors (Lipinski definition) is 2. The van der Waals surface area contributed by atoms with Crippen molar-refractivity contribution < 1.29 is 0 Å². The van der Waals surface area contributed by atoms with Crippen LogP contribution in [-0.2, 0) is 10.8 Å². The van der Waals surface area contributed by atoms with E-state index in [2.05, 4.69) is 113 Å². The van der Waals surface area contributed by atoms with Crippen molar-refractivity contribution >= 4 is 38.6 Å². The molecule has 0 amide bonds. The van der Waals surface area contributed by atoms with Gasteiger partial charge in [0.05, 0.1) is 0 Å². The molecular weight excluding hydrogens is 382 g/mol. The zero-order chi connectivity index (χ0) is 21.5. The summed E-state index contributed by atoms with van der Waals surface area (Å²) in [6.07, 6.45) is 1.13. The molecule has 0 fully saturated rings. The monoisotopic (exact) mass is 415 g/mol. The number of thiophene rings is 1. The first-order valence-corrected chi connectivity index (χ1v) is 11.7. The van der Waals surface area contributed by atoms with Crippen molar-refractivity contribution in [2.75, 3.05) is 18.5 Å². The zero-order valence-corrected chi connectivity index (χ0v) is 19.9. The lowest BCUT2D eigenvalue weighted by Gasteiger charge is -2.28. The first kappa shape index (κ1) is 20.9. The van der Waals surface area contributed by atoms with Crippen LogP contribution in [0.2, 0.25) is 0 Å². The summed E-state index contributed by atoms with van der Waals surface area (Å²) in [7, 11) is 2.21. The second kappa shape index (κ2) is 7.74. The fourth-order valence-electron chi connectivity index (χ4n) is 4.05. The van der Waals surface area contributed by atoms with Gasteiger partial charge in [-0.05, 0) is 74.7 Å². The van der Waals surface area contributed by atoms with Crippen LogP contribution in [0.5, 0.6) is 0 Å². The van der Waals surface area contributed by atoms with E-state index in [4.69, 9.17) is 0 Å². The molecule has 2 heteroatoms. The number of anilines is 1. The standard InChI is InChI=1S/C28H33NS/c1-27(2,3)24-11-9-20-17-23-19-25(12-10-21(23)16-22(20)18-24)29(6)14-13-28(4,5)26-8-7-15-30-26/h7-12,15-19H,13-14H2,1-6H3. The lowest BCUT2D eigenvalue weighted by atomic mass is 9.85. The highest BCUT2D eigenvalue weighted by Gasteiger charge is 2.22. The molecule has 0 aliphatic carbocycles. The van der Waals surface area contributed by atoms with E-state index in [0.29, 0.717) is 0 Å². The number of fused-ring (bicyclic) bond motifs is 2. The highest BCUT2D eigenvalue weighted by atomic mass is 32.1. The largest absolute Gasteiger partial charge is 0.375 e. The SMILES string of the molecule is CN(CCC(C)(C)c1cccs1)c1ccc2cc3cc(C(C)(C)C)ccc3cc2c1. The molecule has 0 saturated heterocycles. The molecule has 1 aromatic heterocycles. The van der Waals surface area contributed by atoms with Crippen LogP contribution >= 0.6 is 11.3 Å². The van der Waals surface area contributed by atoms with E-state index >= 15 is 0 Å². The number of benzene rings is 3. The first-order valence-electron chi connectivity index (χ1n) is 10.9. The molecule has 156 valence electrons. The quantitative estimate of drug-likeness (QED) is 0.297. The van der Waals surface area contributed by atoms with Gasteiger partial charge < -0.3 is 4.90 Å². The molecule has 0 unspecified atom stereocenters. The molecule has 0 radical (unpaired) electrons. The highest BCUT2D eigenvalue weighted by molar-refractivity contribution is 7.10. The summed E-state index contributed by atoms with van der Waals surface area (Å²) >= 11 is 1.86. The van der Waals surface area contributed by atoms with Crippen LogP contribution in [0.15, 0.2) is 66.0 Å². The van der Waals surface area contributed by atoms with E-state index in [1.807, 2.05) is 11.3 Å². The minimum absolute atomic E-state index is 0.173. The van der Waals surface area contributed by atoms with Gasteiger partial charge in [-0.25, -0.2) is 0 Å². The average Bonchev–Trinajstić information content (AvgIpc) is 3.25. The normalized spacial score (nSPS) is 12.6. The smallest absolute Gasteiger partial charge is 0.0370 e. The Kier molecular flexibility index (Phi) is 5.40. The molecule has 0 aliphatic rings. The van der Waals surface area contributed by atoms with E-state index in [1.54, 1.807) is 0 Å². The van der Waals surface area contributed by atoms with Crippen LogP contribution in [0, 0.1) is 0 Å². The van der Waals surface area contributed by atoms with E-state index in [9.17, 15) is 0 Å². The van der Waals surface area contributed by atoms with Crippen molar-refractivity contribution in [3.8, 4) is 0 Å². The van der Waals surface area contributed by atoms with Crippen molar-refractivity contribution in [2.45, 2.75) is 51.9 Å². The number of nitrogens with zero attached hydrogens (tertiary/aromatic N) is 1. The van der Waals surface area contributed by atoms with Crippen LogP contribution in [0.3, 0.4) is 0 Å². The Morgan fingerprint density at radius 3 is 2.07 bits per heavy atom. The van der Waals surface area contributed by atoms with Crippen LogP contribution in [0.1, 0.15) is 51.5 Å². The van der Waals surface area contributed by atoms with Gasteiger partial charge in [-0.15, -0.1) is 11.3 Å². The molecule has 0 atom stereocenters. The van der Waals surface area contributed by atoms with Crippen molar-refractivity contribution in [1.82, 2.24) is 0 Å². The molecule has 1 heterocycles. The predicted molar refractivity (Wildman–Crippen MR) is 135 cm³/mol. The molecule has 4 rings (SSSR count). The maximum atomic E-state index is 2.39. The van der Waals surface area contributed by atoms with Crippen LogP contribution in [-0.4, -0.2) is 13.6 Å². The van der Waals surface area contributed by atoms with Crippen molar-refractivity contribution in [3.63, 3.8) is 0 Å². The maximum absolute atomic E-state index is 2.39. The van der Waals surface area contributed by atoms with Gasteiger partial charge in [-0.2, -0.15) is 0 Å². The Labute approximate surface area is 185 Å². The molecule has 0 bridgehead atoms. The highest BCUT2D eigenvalue weighted by Crippen LogP contribution is 2.33. The average molecular weight is 416 g/mol. The van der Waals surface area contributed by atoms with E-state index < -0.39 is 0 Å². The third-order valence-electron chi connectivity index (χ3n) is 6.35. The van der Waals surface area contributed by atoms with Crippen LogP contribution in [0.25, 0.3) is 21.5 Å². The minimum Gasteiger partial charge on any atom is -0.375 e. The zero-order valence-electron chi connectivity index (χ0n) is 19.1. The molecule has 0 saturated carbocycles. The lowest BCUT2D eigenvalue weighted by molar-refractivity contribution is 0.491. The van der Waals surface area contributed by atoms with E-state index in [0.717, 1.165) is 13.0 Å². The van der Waals surface area contributed by atoms with Gasteiger partial charge in [0.15, 0.2) is 0 Å². The fraction of sp³-hybridized carbons (Fsp3) is 0.357. The summed E-state index contributed by atoms with van der Waals surface area (Å²) in [5.41, 5.74) is 3.06. The van der Waals surface area contributed by atoms with Crippen LogP contribution < -0.4 is 4.90 Å². The summed E-state index contributed by atoms with van der Waals surface area (Å²) in [6, 6.07) is 22.9. The summed E-state index contributed by atoms with van der Waals surface area (Å²) in [6.45, 7) is 12.6. The molecule has 0 N–H and O–H groups in total. The second-order valence-corrected chi connectivity index (χ2v) is 11.2. The molecule has 30 heavy (non-hydrogen) atoms. The summed E-state index contributed by atoms with van der Waals surface area (Å²) < 4.78 is 0. The first-order chi connectivity index (χ1) is 14.1. The minimum atomic E-state index is 0.173. The summed E-state index contributed by atoms with van der Waals surface area (Å²) in [4.78, 5) is 3.86. The predicted octanol–water partition coefficient (Wildman–Crippen LogP) is 8.16. The van der Waals surface area contributed by atoms with Crippen molar-refractivity contribution in [1.29, 1.82) is 0 Å². The second-order valence-electron chi connectivity index (χ2n) is 10.2. The Morgan fingerprint density at radius 2 is 1.43 bits per heavy atom. The molecular formula is C28H33NS. The fourth-order valence-corrected chi connectivity index (χ4v) is 4.93. The molecule has 1 nitrogen and oxygen atoms in total. The Bertz CT molecular complexity index is 1160. The molecule has 0 spiro atoms. The van der Waals surface area contributed by atoms with Crippen molar-refractivity contribution in [2.24, 2.45) is 0 Å². The van der Waals surface area contributed by atoms with Gasteiger partial charge in [0.2, 0.25) is 0 Å². The number of hydrogen-bond donors (Lipinski definition) is 0. The third kappa shape index (κ3) is 4.25. The van der Waals surface area contributed by atoms with Gasteiger partial charge >= 0.3 is 0 Å². The lowest BCUT2D eigenvalue weighted by Crippen LogP contribution is -2.26. The summed E-state index contributed by atoms with van der Waals surface area (Å²) in [5.74, 6) is 0. The molecule has 3 aromatic carbocycles. The number of rotatable bonds is 5. The Balaban J connectivity index is 1.58. The van der Waals surface area contributed by atoms with Crippen LogP contribution in [0.4, 0.5) is 5.69 Å². The Morgan fingerprint density at radius 1 is 0.767 bits per heavy atom. The van der Waals surface area contributed by atoms with Gasteiger partial charge in [-0.1, -0.05) is 65.0 Å². The van der Waals surface area contributed by atoms with Crippen molar-refractivity contribution in [3.05, 3.63) is 76.5 Å². The molecule has 0 aliphatic heterocycles. The van der Waals surface area contributed by atoms with Gasteiger partial charge in [0, 0.05) is 29.6 Å². The van der Waals surface area contributed by atoms with E-state index in [-0.39, 0.29) is 10.8 Å². The third-order valence-corrected chi connectivity index (χ3v) is 7.58.